The minimum Gasteiger partial charge on any atom is -0.494 e. The molecule has 1 amide bonds. The minimum absolute atomic E-state index is 0.182. The molecule has 4 aromatic rings. The summed E-state index contributed by atoms with van der Waals surface area (Å²) in [6, 6.07) is 18.7. The Kier molecular flexibility index (Phi) is 5.53. The van der Waals surface area contributed by atoms with Gasteiger partial charge in [-0.25, -0.2) is 4.98 Å². The monoisotopic (exact) mass is 400 g/mol. The van der Waals surface area contributed by atoms with Crippen LogP contribution in [0.3, 0.4) is 0 Å². The number of ether oxygens (including phenoxy) is 1. The van der Waals surface area contributed by atoms with Crippen molar-refractivity contribution < 1.29 is 13.9 Å². The normalized spacial score (nSPS) is 10.9. The van der Waals surface area contributed by atoms with E-state index in [1.165, 1.54) is 0 Å². The van der Waals surface area contributed by atoms with Crippen LogP contribution in [0.25, 0.3) is 22.6 Å². The van der Waals surface area contributed by atoms with Crippen LogP contribution in [-0.4, -0.2) is 17.5 Å². The molecular formula is C25H24N2O3. The van der Waals surface area contributed by atoms with E-state index < -0.39 is 0 Å². The number of aryl methyl sites for hydroxylation is 2. The lowest BCUT2D eigenvalue weighted by Gasteiger charge is -2.08. The van der Waals surface area contributed by atoms with Crippen molar-refractivity contribution in [3.8, 4) is 17.2 Å². The Bertz CT molecular complexity index is 1190. The number of nitrogens with zero attached hydrogens (tertiary/aromatic N) is 1. The van der Waals surface area contributed by atoms with E-state index >= 15 is 0 Å². The van der Waals surface area contributed by atoms with Crippen LogP contribution < -0.4 is 10.1 Å². The zero-order chi connectivity index (χ0) is 21.1. The minimum atomic E-state index is -0.182. The van der Waals surface area contributed by atoms with Crippen molar-refractivity contribution in [2.45, 2.75) is 27.2 Å². The van der Waals surface area contributed by atoms with Crippen LogP contribution >= 0.6 is 0 Å². The van der Waals surface area contributed by atoms with Gasteiger partial charge >= 0.3 is 0 Å². The van der Waals surface area contributed by atoms with Crippen molar-refractivity contribution in [2.75, 3.05) is 11.9 Å². The first kappa shape index (κ1) is 19.7. The second-order valence-electron chi connectivity index (χ2n) is 7.36. The molecule has 0 aliphatic rings. The number of hydrogen-bond acceptors (Lipinski definition) is 4. The molecule has 1 heterocycles. The number of aromatic nitrogens is 1. The molecule has 0 atom stereocenters. The van der Waals surface area contributed by atoms with E-state index in [1.807, 2.05) is 56.3 Å². The lowest BCUT2D eigenvalue weighted by molar-refractivity contribution is 0.102. The Balaban J connectivity index is 1.53. The van der Waals surface area contributed by atoms with Crippen LogP contribution in [0.15, 0.2) is 65.1 Å². The molecule has 1 aromatic heterocycles. The Hall–Kier alpha value is -3.60. The standard InChI is InChI=1S/C25H24N2O3/c1-4-12-29-21-10-8-18(9-11-21)24(28)26-20-7-5-6-19(15-20)25-27-22-14-16(2)13-17(3)23(22)30-25/h5-11,13-15H,4,12H2,1-3H3,(H,26,28). The van der Waals surface area contributed by atoms with Gasteiger partial charge in [-0.05, 0) is 79.9 Å². The highest BCUT2D eigenvalue weighted by molar-refractivity contribution is 6.04. The molecule has 0 saturated carbocycles. The van der Waals surface area contributed by atoms with Crippen LogP contribution in [0.1, 0.15) is 34.8 Å². The molecular weight excluding hydrogens is 376 g/mol. The van der Waals surface area contributed by atoms with Crippen molar-refractivity contribution in [2.24, 2.45) is 0 Å². The number of carbonyl (C=O) groups is 1. The van der Waals surface area contributed by atoms with Gasteiger partial charge in [-0.3, -0.25) is 4.79 Å². The van der Waals surface area contributed by atoms with Gasteiger partial charge in [0.2, 0.25) is 5.89 Å². The van der Waals surface area contributed by atoms with Gasteiger partial charge in [-0.15, -0.1) is 0 Å². The molecule has 0 fully saturated rings. The fourth-order valence-corrected chi connectivity index (χ4v) is 3.36. The predicted octanol–water partition coefficient (Wildman–Crippen LogP) is 6.15. The zero-order valence-corrected chi connectivity index (χ0v) is 17.4. The molecule has 0 aliphatic heterocycles. The Morgan fingerprint density at radius 1 is 1.07 bits per heavy atom. The maximum atomic E-state index is 12.6. The van der Waals surface area contributed by atoms with E-state index in [2.05, 4.69) is 23.3 Å². The van der Waals surface area contributed by atoms with Crippen molar-refractivity contribution in [1.29, 1.82) is 0 Å². The molecule has 30 heavy (non-hydrogen) atoms. The molecule has 0 bridgehead atoms. The molecule has 0 aliphatic carbocycles. The molecule has 4 rings (SSSR count). The molecule has 1 N–H and O–H groups in total. The topological polar surface area (TPSA) is 64.4 Å². The number of oxazole rings is 1. The number of hydrogen-bond donors (Lipinski definition) is 1. The van der Waals surface area contributed by atoms with Gasteiger partial charge in [0.05, 0.1) is 6.61 Å². The summed E-state index contributed by atoms with van der Waals surface area (Å²) in [5, 5.41) is 2.94. The second-order valence-corrected chi connectivity index (χ2v) is 7.36. The van der Waals surface area contributed by atoms with Gasteiger partial charge in [0.15, 0.2) is 5.58 Å². The van der Waals surface area contributed by atoms with Gasteiger partial charge in [-0.2, -0.15) is 0 Å². The summed E-state index contributed by atoms with van der Waals surface area (Å²) in [6.07, 6.45) is 0.942. The Labute approximate surface area is 175 Å². The van der Waals surface area contributed by atoms with E-state index in [4.69, 9.17) is 9.15 Å². The average Bonchev–Trinajstić information content (AvgIpc) is 3.17. The quantitative estimate of drug-likeness (QED) is 0.421. The summed E-state index contributed by atoms with van der Waals surface area (Å²) in [7, 11) is 0. The van der Waals surface area contributed by atoms with Gasteiger partial charge in [-0.1, -0.05) is 19.1 Å². The van der Waals surface area contributed by atoms with Gasteiger partial charge < -0.3 is 14.5 Å². The number of fused-ring (bicyclic) bond motifs is 1. The number of nitrogens with one attached hydrogen (secondary N) is 1. The number of amides is 1. The van der Waals surface area contributed by atoms with Crippen LogP contribution in [-0.2, 0) is 0 Å². The first-order valence-corrected chi connectivity index (χ1v) is 10.1. The van der Waals surface area contributed by atoms with Gasteiger partial charge in [0, 0.05) is 16.8 Å². The van der Waals surface area contributed by atoms with Gasteiger partial charge in [0.1, 0.15) is 11.3 Å². The van der Waals surface area contributed by atoms with Crippen LogP contribution in [0.2, 0.25) is 0 Å². The van der Waals surface area contributed by atoms with E-state index in [0.717, 1.165) is 40.0 Å². The third-order valence-electron chi connectivity index (χ3n) is 4.78. The predicted molar refractivity (Wildman–Crippen MR) is 119 cm³/mol. The van der Waals surface area contributed by atoms with Crippen molar-refractivity contribution >= 4 is 22.7 Å². The second kappa shape index (κ2) is 8.41. The molecule has 0 radical (unpaired) electrons. The van der Waals surface area contributed by atoms with Crippen molar-refractivity contribution in [1.82, 2.24) is 4.98 Å². The van der Waals surface area contributed by atoms with E-state index in [-0.39, 0.29) is 5.91 Å². The lowest BCUT2D eigenvalue weighted by atomic mass is 10.1. The lowest BCUT2D eigenvalue weighted by Crippen LogP contribution is -2.11. The maximum Gasteiger partial charge on any atom is 0.255 e. The van der Waals surface area contributed by atoms with Crippen LogP contribution in [0.4, 0.5) is 5.69 Å². The molecule has 5 nitrogen and oxygen atoms in total. The van der Waals surface area contributed by atoms with Crippen LogP contribution in [0, 0.1) is 13.8 Å². The highest BCUT2D eigenvalue weighted by Crippen LogP contribution is 2.29. The summed E-state index contributed by atoms with van der Waals surface area (Å²) in [6.45, 7) is 6.77. The third-order valence-corrected chi connectivity index (χ3v) is 4.78. The number of anilines is 1. The highest BCUT2D eigenvalue weighted by atomic mass is 16.5. The zero-order valence-electron chi connectivity index (χ0n) is 17.4. The Morgan fingerprint density at radius 3 is 2.63 bits per heavy atom. The molecule has 0 spiro atoms. The number of benzene rings is 3. The van der Waals surface area contributed by atoms with E-state index in [1.54, 1.807) is 12.1 Å². The largest absolute Gasteiger partial charge is 0.494 e. The first-order valence-electron chi connectivity index (χ1n) is 10.1. The number of carbonyl (C=O) groups excluding carboxylic acids is 1. The molecule has 152 valence electrons. The van der Waals surface area contributed by atoms with Crippen molar-refractivity contribution in [3.05, 3.63) is 77.4 Å². The summed E-state index contributed by atoms with van der Waals surface area (Å²) in [4.78, 5) is 17.2. The Morgan fingerprint density at radius 2 is 1.87 bits per heavy atom. The number of rotatable bonds is 6. The van der Waals surface area contributed by atoms with Gasteiger partial charge in [0.25, 0.3) is 5.91 Å². The summed E-state index contributed by atoms with van der Waals surface area (Å²) in [5.41, 5.74) is 5.88. The first-order chi connectivity index (χ1) is 14.5. The molecule has 0 saturated heterocycles. The molecule has 5 heteroatoms. The average molecular weight is 400 g/mol. The molecule has 3 aromatic carbocycles. The smallest absolute Gasteiger partial charge is 0.255 e. The molecule has 0 unspecified atom stereocenters. The van der Waals surface area contributed by atoms with Crippen LogP contribution in [0.5, 0.6) is 5.75 Å². The third kappa shape index (κ3) is 4.20. The summed E-state index contributed by atoms with van der Waals surface area (Å²) >= 11 is 0. The fourth-order valence-electron chi connectivity index (χ4n) is 3.36. The van der Waals surface area contributed by atoms with Crippen molar-refractivity contribution in [3.63, 3.8) is 0 Å². The SMILES string of the molecule is CCCOc1ccc(C(=O)Nc2cccc(-c3nc4cc(C)cc(C)c4o3)c2)cc1. The van der Waals surface area contributed by atoms with E-state index in [9.17, 15) is 4.79 Å². The summed E-state index contributed by atoms with van der Waals surface area (Å²) < 4.78 is 11.6. The highest BCUT2D eigenvalue weighted by Gasteiger charge is 2.12. The fraction of sp³-hybridized carbons (Fsp3) is 0.200. The van der Waals surface area contributed by atoms with E-state index in [0.29, 0.717) is 23.7 Å². The summed E-state index contributed by atoms with van der Waals surface area (Å²) in [5.74, 6) is 1.11. The maximum absolute atomic E-state index is 12.6.